The molecule has 1 aliphatic heterocycles. The molecule has 0 saturated carbocycles. The highest BCUT2D eigenvalue weighted by Crippen LogP contribution is 2.24. The normalized spacial score (nSPS) is 17.8. The first-order valence-corrected chi connectivity index (χ1v) is 10.5. The van der Waals surface area contributed by atoms with Crippen LogP contribution in [0.1, 0.15) is 22.3 Å². The van der Waals surface area contributed by atoms with E-state index in [0.29, 0.717) is 12.2 Å². The van der Waals surface area contributed by atoms with Crippen molar-refractivity contribution in [3.05, 3.63) is 69.8 Å². The molecule has 2 aromatic rings. The Balaban J connectivity index is 1.92. The summed E-state index contributed by atoms with van der Waals surface area (Å²) in [5.41, 5.74) is 0.783. The number of nitro groups is 1. The molecule has 148 valence electrons. The van der Waals surface area contributed by atoms with Gasteiger partial charge in [-0.3, -0.25) is 14.9 Å². The van der Waals surface area contributed by atoms with Gasteiger partial charge in [-0.2, -0.15) is 0 Å². The third kappa shape index (κ3) is 4.48. The lowest BCUT2D eigenvalue weighted by Crippen LogP contribution is -2.40. The summed E-state index contributed by atoms with van der Waals surface area (Å²) in [6.07, 6.45) is 0.346. The van der Waals surface area contributed by atoms with Crippen LogP contribution in [-0.4, -0.2) is 48.8 Å². The molecule has 9 heteroatoms. The summed E-state index contributed by atoms with van der Waals surface area (Å²) >= 11 is 0. The van der Waals surface area contributed by atoms with Crippen LogP contribution in [0.15, 0.2) is 48.5 Å². The van der Waals surface area contributed by atoms with Gasteiger partial charge < -0.3 is 9.64 Å². The molecule has 1 amide bonds. The van der Waals surface area contributed by atoms with E-state index in [9.17, 15) is 23.3 Å². The molecule has 0 aromatic heterocycles. The number of rotatable bonds is 6. The van der Waals surface area contributed by atoms with Crippen molar-refractivity contribution in [3.8, 4) is 5.75 Å². The number of non-ortho nitro benzene ring substituents is 1. The Bertz CT molecular complexity index is 988. The fraction of sp³-hybridized carbons (Fsp3) is 0.316. The number of nitrogens with zero attached hydrogens (tertiary/aromatic N) is 2. The number of hydrogen-bond donors (Lipinski definition) is 0. The van der Waals surface area contributed by atoms with E-state index in [4.69, 9.17) is 4.74 Å². The van der Waals surface area contributed by atoms with Crippen LogP contribution in [0.25, 0.3) is 0 Å². The Morgan fingerprint density at radius 2 is 1.96 bits per heavy atom. The Kier molecular flexibility index (Phi) is 5.64. The molecule has 8 nitrogen and oxygen atoms in total. The summed E-state index contributed by atoms with van der Waals surface area (Å²) in [6.45, 7) is 0.200. The highest BCUT2D eigenvalue weighted by atomic mass is 32.2. The standard InChI is InChI=1S/C19H20N2O6S/c1-27-18-7-5-14(6-8-18)12-20(17-9-10-28(25,26)13-17)19(22)15-3-2-4-16(11-15)21(23)24/h2-8,11,17H,9-10,12-13H2,1H3. The number of amides is 1. The molecular formula is C19H20N2O6S. The molecule has 1 fully saturated rings. The molecular weight excluding hydrogens is 384 g/mol. The van der Waals surface area contributed by atoms with Crippen molar-refractivity contribution >= 4 is 21.4 Å². The molecule has 0 bridgehead atoms. The molecule has 1 aliphatic rings. The predicted octanol–water partition coefficient (Wildman–Crippen LogP) is 2.43. The van der Waals surface area contributed by atoms with Gasteiger partial charge in [-0.05, 0) is 30.2 Å². The monoisotopic (exact) mass is 404 g/mol. The van der Waals surface area contributed by atoms with Crippen molar-refractivity contribution < 1.29 is 22.9 Å². The lowest BCUT2D eigenvalue weighted by atomic mass is 10.1. The molecule has 3 rings (SSSR count). The van der Waals surface area contributed by atoms with Crippen molar-refractivity contribution in [3.63, 3.8) is 0 Å². The van der Waals surface area contributed by atoms with Gasteiger partial charge in [-0.15, -0.1) is 0 Å². The number of methoxy groups -OCH3 is 1. The van der Waals surface area contributed by atoms with E-state index in [1.807, 2.05) is 0 Å². The van der Waals surface area contributed by atoms with Crippen LogP contribution < -0.4 is 4.74 Å². The van der Waals surface area contributed by atoms with Crippen LogP contribution >= 0.6 is 0 Å². The Hall–Kier alpha value is -2.94. The number of carbonyl (C=O) groups is 1. The minimum absolute atomic E-state index is 0.0268. The minimum atomic E-state index is -3.20. The third-order valence-corrected chi connectivity index (χ3v) is 6.48. The van der Waals surface area contributed by atoms with E-state index in [1.165, 1.54) is 29.2 Å². The van der Waals surface area contributed by atoms with Gasteiger partial charge in [0.2, 0.25) is 0 Å². The first-order valence-electron chi connectivity index (χ1n) is 8.68. The van der Waals surface area contributed by atoms with Crippen LogP contribution in [0.3, 0.4) is 0 Å². The lowest BCUT2D eigenvalue weighted by molar-refractivity contribution is -0.384. The summed E-state index contributed by atoms with van der Waals surface area (Å²) in [7, 11) is -1.65. The van der Waals surface area contributed by atoms with Gasteiger partial charge in [0.15, 0.2) is 9.84 Å². The van der Waals surface area contributed by atoms with Gasteiger partial charge in [-0.25, -0.2) is 8.42 Å². The van der Waals surface area contributed by atoms with Crippen molar-refractivity contribution in [2.24, 2.45) is 0 Å². The predicted molar refractivity (Wildman–Crippen MR) is 103 cm³/mol. The van der Waals surface area contributed by atoms with Crippen LogP contribution in [-0.2, 0) is 16.4 Å². The Morgan fingerprint density at radius 1 is 1.25 bits per heavy atom. The molecule has 28 heavy (non-hydrogen) atoms. The largest absolute Gasteiger partial charge is 0.497 e. The smallest absolute Gasteiger partial charge is 0.270 e. The number of carbonyl (C=O) groups excluding carboxylic acids is 1. The maximum atomic E-state index is 13.1. The van der Waals surface area contributed by atoms with Crippen LogP contribution in [0.5, 0.6) is 5.75 Å². The molecule has 1 unspecified atom stereocenters. The molecule has 1 heterocycles. The SMILES string of the molecule is COc1ccc(CN(C(=O)c2cccc([N+](=O)[O-])c2)C2CCS(=O)(=O)C2)cc1. The second-order valence-corrected chi connectivity index (χ2v) is 8.87. The van der Waals surface area contributed by atoms with E-state index < -0.39 is 26.7 Å². The molecule has 0 spiro atoms. The summed E-state index contributed by atoms with van der Waals surface area (Å²) in [6, 6.07) is 12.1. The molecule has 0 N–H and O–H groups in total. The van der Waals surface area contributed by atoms with Gasteiger partial charge in [0.25, 0.3) is 11.6 Å². The first-order chi connectivity index (χ1) is 13.3. The number of benzene rings is 2. The minimum Gasteiger partial charge on any atom is -0.497 e. The summed E-state index contributed by atoms with van der Waals surface area (Å²) in [5.74, 6) is 0.161. The molecule has 1 saturated heterocycles. The number of sulfone groups is 1. The van der Waals surface area contributed by atoms with Crippen molar-refractivity contribution in [2.75, 3.05) is 18.6 Å². The highest BCUT2D eigenvalue weighted by Gasteiger charge is 2.35. The quantitative estimate of drug-likeness (QED) is 0.541. The van der Waals surface area contributed by atoms with Crippen molar-refractivity contribution in [2.45, 2.75) is 19.0 Å². The van der Waals surface area contributed by atoms with E-state index in [1.54, 1.807) is 31.4 Å². The number of ether oxygens (including phenoxy) is 1. The van der Waals surface area contributed by atoms with E-state index >= 15 is 0 Å². The van der Waals surface area contributed by atoms with Gasteiger partial charge >= 0.3 is 0 Å². The lowest BCUT2D eigenvalue weighted by Gasteiger charge is -2.28. The second kappa shape index (κ2) is 7.97. The number of hydrogen-bond acceptors (Lipinski definition) is 6. The fourth-order valence-electron chi connectivity index (χ4n) is 3.23. The third-order valence-electron chi connectivity index (χ3n) is 4.73. The zero-order valence-corrected chi connectivity index (χ0v) is 16.1. The van der Waals surface area contributed by atoms with Gasteiger partial charge in [-0.1, -0.05) is 18.2 Å². The zero-order valence-electron chi connectivity index (χ0n) is 15.3. The van der Waals surface area contributed by atoms with Gasteiger partial charge in [0.1, 0.15) is 5.75 Å². The number of nitro benzene ring substituents is 1. The topological polar surface area (TPSA) is 107 Å². The van der Waals surface area contributed by atoms with Crippen LogP contribution in [0, 0.1) is 10.1 Å². The molecule has 0 radical (unpaired) electrons. The van der Waals surface area contributed by atoms with Crippen LogP contribution in [0.2, 0.25) is 0 Å². The Labute approximate surface area is 162 Å². The van der Waals surface area contributed by atoms with Crippen LogP contribution in [0.4, 0.5) is 5.69 Å². The van der Waals surface area contributed by atoms with E-state index in [2.05, 4.69) is 0 Å². The van der Waals surface area contributed by atoms with E-state index in [-0.39, 0.29) is 29.3 Å². The summed E-state index contributed by atoms with van der Waals surface area (Å²) < 4.78 is 29.0. The average molecular weight is 404 g/mol. The molecule has 1 atom stereocenters. The summed E-state index contributed by atoms with van der Waals surface area (Å²) in [5, 5.41) is 11.0. The fourth-order valence-corrected chi connectivity index (χ4v) is 4.96. The average Bonchev–Trinajstić information content (AvgIpc) is 3.05. The molecule has 0 aliphatic carbocycles. The maximum absolute atomic E-state index is 13.1. The van der Waals surface area contributed by atoms with Gasteiger partial charge in [0.05, 0.1) is 23.5 Å². The van der Waals surface area contributed by atoms with E-state index in [0.717, 1.165) is 5.56 Å². The highest BCUT2D eigenvalue weighted by molar-refractivity contribution is 7.91. The second-order valence-electron chi connectivity index (χ2n) is 6.65. The maximum Gasteiger partial charge on any atom is 0.270 e. The van der Waals surface area contributed by atoms with Crippen molar-refractivity contribution in [1.29, 1.82) is 0 Å². The summed E-state index contributed by atoms with van der Waals surface area (Å²) in [4.78, 5) is 25.1. The zero-order chi connectivity index (χ0) is 20.3. The Morgan fingerprint density at radius 3 is 2.54 bits per heavy atom. The first kappa shape index (κ1) is 19.8. The molecule has 2 aromatic carbocycles. The van der Waals surface area contributed by atoms with Gasteiger partial charge in [0, 0.05) is 30.3 Å². The van der Waals surface area contributed by atoms with Crippen molar-refractivity contribution in [1.82, 2.24) is 4.90 Å².